The SMILES string of the molecule is C/C(=C\CCCOC[C@@H](O)[C@@H](O)[C@H](O)[C@H](O)CO)CCCC(C)CCCC(C)C. The van der Waals surface area contributed by atoms with Crippen LogP contribution >= 0.6 is 0 Å². The lowest BCUT2D eigenvalue weighted by molar-refractivity contribution is -0.129. The van der Waals surface area contributed by atoms with E-state index in [4.69, 9.17) is 9.84 Å². The minimum Gasteiger partial charge on any atom is -0.394 e. The van der Waals surface area contributed by atoms with Crippen molar-refractivity contribution in [2.45, 2.75) is 103 Å². The van der Waals surface area contributed by atoms with Crippen LogP contribution in [0.1, 0.15) is 79.1 Å². The molecule has 0 aliphatic heterocycles. The molecule has 0 radical (unpaired) electrons. The van der Waals surface area contributed by atoms with Gasteiger partial charge >= 0.3 is 0 Å². The lowest BCUT2D eigenvalue weighted by Gasteiger charge is -2.25. The predicted octanol–water partition coefficient (Wildman–Crippen LogP) is 2.80. The van der Waals surface area contributed by atoms with Crippen molar-refractivity contribution in [2.75, 3.05) is 19.8 Å². The number of aliphatic hydroxyl groups is 5. The molecule has 6 nitrogen and oxygen atoms in total. The van der Waals surface area contributed by atoms with Gasteiger partial charge in [-0.15, -0.1) is 0 Å². The summed E-state index contributed by atoms with van der Waals surface area (Å²) in [6.07, 6.45) is 5.60. The van der Waals surface area contributed by atoms with E-state index in [1.165, 1.54) is 37.7 Å². The minimum atomic E-state index is -1.61. The van der Waals surface area contributed by atoms with E-state index in [-0.39, 0.29) is 6.61 Å². The predicted molar refractivity (Wildman–Crippen MR) is 117 cm³/mol. The van der Waals surface area contributed by atoms with Crippen LogP contribution in [0, 0.1) is 11.8 Å². The van der Waals surface area contributed by atoms with Gasteiger partial charge in [-0.1, -0.05) is 58.1 Å². The van der Waals surface area contributed by atoms with Crippen LogP contribution in [0.2, 0.25) is 0 Å². The molecule has 0 fully saturated rings. The fourth-order valence-electron chi connectivity index (χ4n) is 3.25. The van der Waals surface area contributed by atoms with Gasteiger partial charge in [0.05, 0.1) is 13.2 Å². The highest BCUT2D eigenvalue weighted by atomic mass is 16.5. The van der Waals surface area contributed by atoms with Crippen molar-refractivity contribution in [3.8, 4) is 0 Å². The summed E-state index contributed by atoms with van der Waals surface area (Å²) in [5, 5.41) is 47.0. The molecule has 0 aliphatic rings. The standard InChI is InChI=1S/C23H46O6/c1-17(2)9-7-11-19(4)13-8-12-18(3)10-5-6-14-29-16-21(26)23(28)22(27)20(25)15-24/h10,17,19-28H,5-9,11-16H2,1-4H3/b18-10+/t19?,20-,21-,22-,23-/m1/s1. The molecule has 174 valence electrons. The molecule has 0 aromatic carbocycles. The Morgan fingerprint density at radius 2 is 1.48 bits per heavy atom. The summed E-state index contributed by atoms with van der Waals surface area (Å²) in [5.41, 5.74) is 1.40. The van der Waals surface area contributed by atoms with Gasteiger partial charge in [0, 0.05) is 6.61 Å². The molecule has 0 aromatic rings. The zero-order chi connectivity index (χ0) is 22.2. The van der Waals surface area contributed by atoms with Crippen molar-refractivity contribution in [1.82, 2.24) is 0 Å². The van der Waals surface area contributed by atoms with Crippen molar-refractivity contribution >= 4 is 0 Å². The number of hydrogen-bond donors (Lipinski definition) is 5. The van der Waals surface area contributed by atoms with Crippen LogP contribution in [0.15, 0.2) is 11.6 Å². The summed E-state index contributed by atoms with van der Waals surface area (Å²) >= 11 is 0. The molecule has 0 heterocycles. The third kappa shape index (κ3) is 15.0. The quantitative estimate of drug-likeness (QED) is 0.173. The molecule has 0 aliphatic carbocycles. The summed E-state index contributed by atoms with van der Waals surface area (Å²) < 4.78 is 5.33. The van der Waals surface area contributed by atoms with E-state index >= 15 is 0 Å². The summed E-state index contributed by atoms with van der Waals surface area (Å²) in [4.78, 5) is 0. The molecule has 6 heteroatoms. The van der Waals surface area contributed by atoms with Crippen molar-refractivity contribution in [1.29, 1.82) is 0 Å². The first-order chi connectivity index (χ1) is 13.7. The maximum Gasteiger partial charge on any atom is 0.111 e. The molecular formula is C23H46O6. The average molecular weight is 419 g/mol. The molecule has 5 atom stereocenters. The smallest absolute Gasteiger partial charge is 0.111 e. The van der Waals surface area contributed by atoms with E-state index in [0.717, 1.165) is 31.1 Å². The molecule has 0 aromatic heterocycles. The van der Waals surface area contributed by atoms with Crippen molar-refractivity contribution in [3.05, 3.63) is 11.6 Å². The van der Waals surface area contributed by atoms with E-state index < -0.39 is 31.0 Å². The van der Waals surface area contributed by atoms with E-state index in [2.05, 4.69) is 33.8 Å². The highest BCUT2D eigenvalue weighted by Crippen LogP contribution is 2.19. The molecule has 0 amide bonds. The Hall–Kier alpha value is -0.500. The number of aliphatic hydroxyl groups excluding tert-OH is 5. The van der Waals surface area contributed by atoms with Crippen LogP contribution in [0.25, 0.3) is 0 Å². The second kappa shape index (κ2) is 17.2. The fraction of sp³-hybridized carbons (Fsp3) is 0.913. The Morgan fingerprint density at radius 3 is 2.10 bits per heavy atom. The van der Waals surface area contributed by atoms with Crippen LogP contribution in [-0.2, 0) is 4.74 Å². The zero-order valence-corrected chi connectivity index (χ0v) is 19.0. The van der Waals surface area contributed by atoms with Gasteiger partial charge in [0.2, 0.25) is 0 Å². The lowest BCUT2D eigenvalue weighted by Crippen LogP contribution is -2.47. The van der Waals surface area contributed by atoms with Gasteiger partial charge < -0.3 is 30.3 Å². The second-order valence-electron chi connectivity index (χ2n) is 8.89. The van der Waals surface area contributed by atoms with Crippen molar-refractivity contribution in [3.63, 3.8) is 0 Å². The van der Waals surface area contributed by atoms with Crippen LogP contribution in [-0.4, -0.2) is 69.8 Å². The number of allylic oxidation sites excluding steroid dienone is 2. The summed E-state index contributed by atoms with van der Waals surface area (Å²) in [6, 6.07) is 0. The maximum absolute atomic E-state index is 9.76. The first kappa shape index (κ1) is 28.5. The van der Waals surface area contributed by atoms with Gasteiger partial charge in [-0.2, -0.15) is 0 Å². The molecule has 29 heavy (non-hydrogen) atoms. The average Bonchev–Trinajstić information content (AvgIpc) is 2.68. The van der Waals surface area contributed by atoms with Gasteiger partial charge in [-0.3, -0.25) is 0 Å². The van der Waals surface area contributed by atoms with Crippen LogP contribution < -0.4 is 0 Å². The molecule has 0 bridgehead atoms. The van der Waals surface area contributed by atoms with Crippen LogP contribution in [0.5, 0.6) is 0 Å². The number of ether oxygens (including phenoxy) is 1. The molecule has 0 spiro atoms. The molecule has 1 unspecified atom stereocenters. The van der Waals surface area contributed by atoms with Crippen LogP contribution in [0.4, 0.5) is 0 Å². The summed E-state index contributed by atoms with van der Waals surface area (Å²) in [6.45, 7) is 8.71. The van der Waals surface area contributed by atoms with E-state index in [1.807, 2.05) is 0 Å². The van der Waals surface area contributed by atoms with Crippen molar-refractivity contribution in [2.24, 2.45) is 11.8 Å². The monoisotopic (exact) mass is 418 g/mol. The number of hydrogen-bond acceptors (Lipinski definition) is 6. The largest absolute Gasteiger partial charge is 0.394 e. The Morgan fingerprint density at radius 1 is 0.862 bits per heavy atom. The van der Waals surface area contributed by atoms with E-state index in [1.54, 1.807) is 0 Å². The number of unbranched alkanes of at least 4 members (excludes halogenated alkanes) is 1. The molecular weight excluding hydrogens is 372 g/mol. The molecule has 0 saturated carbocycles. The first-order valence-electron chi connectivity index (χ1n) is 11.3. The highest BCUT2D eigenvalue weighted by molar-refractivity contribution is 4.97. The van der Waals surface area contributed by atoms with Crippen molar-refractivity contribution < 1.29 is 30.3 Å². The number of rotatable bonds is 18. The summed E-state index contributed by atoms with van der Waals surface area (Å²) in [5.74, 6) is 1.60. The third-order valence-electron chi connectivity index (χ3n) is 5.35. The maximum atomic E-state index is 9.76. The Balaban J connectivity index is 3.78. The Labute approximate surface area is 177 Å². The van der Waals surface area contributed by atoms with Gasteiger partial charge in [0.25, 0.3) is 0 Å². The molecule has 5 N–H and O–H groups in total. The Kier molecular flexibility index (Phi) is 16.9. The Bertz CT molecular complexity index is 412. The van der Waals surface area contributed by atoms with Gasteiger partial charge in [0.15, 0.2) is 0 Å². The van der Waals surface area contributed by atoms with Gasteiger partial charge in [0.1, 0.15) is 24.4 Å². The minimum absolute atomic E-state index is 0.131. The normalized spacial score (nSPS) is 17.9. The third-order valence-corrected chi connectivity index (χ3v) is 5.35. The summed E-state index contributed by atoms with van der Waals surface area (Å²) in [7, 11) is 0. The second-order valence-corrected chi connectivity index (χ2v) is 8.89. The molecule has 0 rings (SSSR count). The van der Waals surface area contributed by atoms with Gasteiger partial charge in [-0.05, 0) is 44.4 Å². The molecule has 0 saturated heterocycles. The highest BCUT2D eigenvalue weighted by Gasteiger charge is 2.29. The van der Waals surface area contributed by atoms with Gasteiger partial charge in [-0.25, -0.2) is 0 Å². The first-order valence-corrected chi connectivity index (χ1v) is 11.3. The fourth-order valence-corrected chi connectivity index (χ4v) is 3.25. The van der Waals surface area contributed by atoms with Crippen LogP contribution in [0.3, 0.4) is 0 Å². The topological polar surface area (TPSA) is 110 Å². The van der Waals surface area contributed by atoms with E-state index in [9.17, 15) is 20.4 Å². The lowest BCUT2D eigenvalue weighted by atomic mass is 9.94. The zero-order valence-electron chi connectivity index (χ0n) is 19.0. The van der Waals surface area contributed by atoms with E-state index in [0.29, 0.717) is 6.61 Å².